The molecule has 0 spiro atoms. The number of carbonyl (C=O) groups excluding carboxylic acids is 3. The lowest BCUT2D eigenvalue weighted by Crippen LogP contribution is -2.49. The normalized spacial score (nSPS) is 15.3. The van der Waals surface area contributed by atoms with Crippen molar-refractivity contribution in [1.82, 2.24) is 15.5 Å². The van der Waals surface area contributed by atoms with Crippen LogP contribution in [0.5, 0.6) is 5.75 Å². The van der Waals surface area contributed by atoms with Crippen molar-refractivity contribution in [3.8, 4) is 5.75 Å². The molecule has 1 saturated carbocycles. The van der Waals surface area contributed by atoms with Crippen molar-refractivity contribution < 1.29 is 24.2 Å². The summed E-state index contributed by atoms with van der Waals surface area (Å²) in [5, 5.41) is 15.9. The van der Waals surface area contributed by atoms with E-state index in [9.17, 15) is 19.5 Å². The second-order valence-electron chi connectivity index (χ2n) is 9.00. The van der Waals surface area contributed by atoms with Crippen LogP contribution < -0.4 is 10.6 Å². The molecule has 1 aliphatic carbocycles. The second kappa shape index (κ2) is 11.5. The number of hydrogen-bond acceptors (Lipinski definition) is 5. The first kappa shape index (κ1) is 25.2. The molecular formula is C24H35N3O5. The molecule has 1 aromatic rings. The van der Waals surface area contributed by atoms with E-state index in [-0.39, 0.29) is 30.8 Å². The van der Waals surface area contributed by atoms with E-state index in [0.717, 1.165) is 32.1 Å². The van der Waals surface area contributed by atoms with Crippen LogP contribution in [-0.4, -0.2) is 52.6 Å². The van der Waals surface area contributed by atoms with Crippen LogP contribution in [0.2, 0.25) is 0 Å². The maximum Gasteiger partial charge on any atom is 0.408 e. The first-order valence-electron chi connectivity index (χ1n) is 11.1. The molecular weight excluding hydrogens is 410 g/mol. The Labute approximate surface area is 190 Å². The highest BCUT2D eigenvalue weighted by Gasteiger charge is 2.34. The molecule has 176 valence electrons. The van der Waals surface area contributed by atoms with Gasteiger partial charge in [-0.15, -0.1) is 6.58 Å². The second-order valence-corrected chi connectivity index (χ2v) is 9.00. The molecule has 3 N–H and O–H groups in total. The van der Waals surface area contributed by atoms with Crippen molar-refractivity contribution in [3.63, 3.8) is 0 Å². The number of phenolic OH excluding ortho intramolecular Hbond substituents is 1. The molecule has 0 heterocycles. The number of alkyl carbamates (subject to hydrolysis) is 1. The van der Waals surface area contributed by atoms with Gasteiger partial charge in [-0.25, -0.2) is 4.79 Å². The fourth-order valence-electron chi connectivity index (χ4n) is 3.75. The SMILES string of the molecule is C=CCN(C(=O)CNC(=O)OC(C)(C)C)C(C(=O)NC1CCCCC1)c1ccccc1O. The predicted octanol–water partition coefficient (Wildman–Crippen LogP) is 3.42. The van der Waals surface area contributed by atoms with Crippen LogP contribution >= 0.6 is 0 Å². The molecule has 0 radical (unpaired) electrons. The van der Waals surface area contributed by atoms with Gasteiger partial charge < -0.3 is 25.4 Å². The van der Waals surface area contributed by atoms with Gasteiger partial charge in [0.05, 0.1) is 0 Å². The van der Waals surface area contributed by atoms with Gasteiger partial charge in [0, 0.05) is 18.2 Å². The van der Waals surface area contributed by atoms with E-state index in [1.165, 1.54) is 17.0 Å². The molecule has 0 aromatic heterocycles. The number of rotatable bonds is 8. The van der Waals surface area contributed by atoms with Gasteiger partial charge in [-0.3, -0.25) is 9.59 Å². The van der Waals surface area contributed by atoms with Crippen molar-refractivity contribution in [1.29, 1.82) is 0 Å². The summed E-state index contributed by atoms with van der Waals surface area (Å²) in [5.41, 5.74) is -0.389. The van der Waals surface area contributed by atoms with Crippen molar-refractivity contribution in [3.05, 3.63) is 42.5 Å². The van der Waals surface area contributed by atoms with Crippen LogP contribution in [-0.2, 0) is 14.3 Å². The highest BCUT2D eigenvalue weighted by molar-refractivity contribution is 5.91. The number of nitrogens with zero attached hydrogens (tertiary/aromatic N) is 1. The summed E-state index contributed by atoms with van der Waals surface area (Å²) in [6.07, 6.45) is 5.78. The minimum absolute atomic E-state index is 0.0326. The first-order valence-corrected chi connectivity index (χ1v) is 11.1. The van der Waals surface area contributed by atoms with Gasteiger partial charge in [-0.05, 0) is 39.7 Å². The van der Waals surface area contributed by atoms with E-state index in [4.69, 9.17) is 4.74 Å². The average Bonchev–Trinajstić information content (AvgIpc) is 2.72. The zero-order valence-electron chi connectivity index (χ0n) is 19.2. The summed E-state index contributed by atoms with van der Waals surface area (Å²) < 4.78 is 5.18. The minimum atomic E-state index is -1.07. The van der Waals surface area contributed by atoms with Crippen LogP contribution in [0.1, 0.15) is 64.5 Å². The first-order chi connectivity index (χ1) is 15.1. The smallest absolute Gasteiger partial charge is 0.408 e. The molecule has 0 aliphatic heterocycles. The van der Waals surface area contributed by atoms with Crippen LogP contribution in [0.15, 0.2) is 36.9 Å². The van der Waals surface area contributed by atoms with Gasteiger partial charge in [0.2, 0.25) is 11.8 Å². The molecule has 0 bridgehead atoms. The average molecular weight is 446 g/mol. The van der Waals surface area contributed by atoms with Crippen molar-refractivity contribution in [2.45, 2.75) is 70.6 Å². The van der Waals surface area contributed by atoms with Crippen LogP contribution in [0, 0.1) is 0 Å². The zero-order chi connectivity index (χ0) is 23.7. The summed E-state index contributed by atoms with van der Waals surface area (Å²) in [5.74, 6) is -0.952. The maximum atomic E-state index is 13.3. The van der Waals surface area contributed by atoms with Crippen LogP contribution in [0.4, 0.5) is 4.79 Å². The Morgan fingerprint density at radius 2 is 1.88 bits per heavy atom. The van der Waals surface area contributed by atoms with Gasteiger partial charge in [-0.1, -0.05) is 43.5 Å². The number of nitrogens with one attached hydrogen (secondary N) is 2. The molecule has 8 nitrogen and oxygen atoms in total. The number of benzene rings is 1. The van der Waals surface area contributed by atoms with Gasteiger partial charge in [-0.2, -0.15) is 0 Å². The summed E-state index contributed by atoms with van der Waals surface area (Å²) >= 11 is 0. The van der Waals surface area contributed by atoms with E-state index in [1.807, 2.05) is 0 Å². The Kier molecular flexibility index (Phi) is 9.11. The number of amides is 3. The highest BCUT2D eigenvalue weighted by atomic mass is 16.6. The fraction of sp³-hybridized carbons (Fsp3) is 0.542. The predicted molar refractivity (Wildman–Crippen MR) is 122 cm³/mol. The quantitative estimate of drug-likeness (QED) is 0.532. The van der Waals surface area contributed by atoms with Gasteiger partial charge in [0.15, 0.2) is 0 Å². The van der Waals surface area contributed by atoms with Crippen molar-refractivity contribution in [2.24, 2.45) is 0 Å². The molecule has 0 saturated heterocycles. The number of aromatic hydroxyl groups is 1. The zero-order valence-corrected chi connectivity index (χ0v) is 19.2. The van der Waals surface area contributed by atoms with Gasteiger partial charge >= 0.3 is 6.09 Å². The number of phenols is 1. The molecule has 1 atom stereocenters. The molecule has 8 heteroatoms. The topological polar surface area (TPSA) is 108 Å². The fourth-order valence-corrected chi connectivity index (χ4v) is 3.75. The molecule has 1 fully saturated rings. The Balaban J connectivity index is 2.25. The summed E-state index contributed by atoms with van der Waals surface area (Å²) in [7, 11) is 0. The molecule has 1 aliphatic rings. The summed E-state index contributed by atoms with van der Waals surface area (Å²) in [4.78, 5) is 39.7. The molecule has 1 unspecified atom stereocenters. The third-order valence-electron chi connectivity index (χ3n) is 5.17. The van der Waals surface area contributed by atoms with Crippen molar-refractivity contribution >= 4 is 17.9 Å². The van der Waals surface area contributed by atoms with Gasteiger partial charge in [0.25, 0.3) is 0 Å². The van der Waals surface area contributed by atoms with E-state index < -0.39 is 23.6 Å². The largest absolute Gasteiger partial charge is 0.508 e. The molecule has 32 heavy (non-hydrogen) atoms. The van der Waals surface area contributed by atoms with Crippen LogP contribution in [0.25, 0.3) is 0 Å². The Hall–Kier alpha value is -3.03. The lowest BCUT2D eigenvalue weighted by atomic mass is 9.94. The van der Waals surface area contributed by atoms with Crippen LogP contribution in [0.3, 0.4) is 0 Å². The highest BCUT2D eigenvalue weighted by Crippen LogP contribution is 2.30. The Morgan fingerprint density at radius 1 is 1.22 bits per heavy atom. The number of carbonyl (C=O) groups is 3. The lowest BCUT2D eigenvalue weighted by Gasteiger charge is -2.33. The molecule has 2 rings (SSSR count). The van der Waals surface area contributed by atoms with E-state index in [1.54, 1.807) is 39.0 Å². The van der Waals surface area contributed by atoms with E-state index >= 15 is 0 Å². The Bertz CT molecular complexity index is 812. The third-order valence-corrected chi connectivity index (χ3v) is 5.17. The van der Waals surface area contributed by atoms with E-state index in [2.05, 4.69) is 17.2 Å². The number of hydrogen-bond donors (Lipinski definition) is 3. The van der Waals surface area contributed by atoms with Gasteiger partial charge in [0.1, 0.15) is 23.9 Å². The summed E-state index contributed by atoms with van der Waals surface area (Å²) in [6.45, 7) is 8.58. The molecule has 1 aromatic carbocycles. The van der Waals surface area contributed by atoms with E-state index in [0.29, 0.717) is 5.56 Å². The van der Waals surface area contributed by atoms with Crippen molar-refractivity contribution in [2.75, 3.05) is 13.1 Å². The third kappa shape index (κ3) is 7.59. The Morgan fingerprint density at radius 3 is 2.47 bits per heavy atom. The lowest BCUT2D eigenvalue weighted by molar-refractivity contribution is -0.140. The number of ether oxygens (including phenoxy) is 1. The monoisotopic (exact) mass is 445 g/mol. The minimum Gasteiger partial charge on any atom is -0.508 e. The maximum absolute atomic E-state index is 13.3. The number of para-hydroxylation sites is 1. The molecule has 3 amide bonds. The summed E-state index contributed by atoms with van der Waals surface area (Å²) in [6, 6.07) is 5.41. The standard InChI is InChI=1S/C24H35N3O5/c1-5-15-27(20(29)16-25-23(31)32-24(2,3)4)21(18-13-9-10-14-19(18)28)22(30)26-17-11-7-6-8-12-17/h5,9-10,13-14,17,21,28H,1,6-8,11-12,15-16H2,2-4H3,(H,25,31)(H,26,30).